The molecule has 0 bridgehead atoms. The molecule has 0 saturated heterocycles. The van der Waals surface area contributed by atoms with Crippen molar-refractivity contribution < 1.29 is 14.6 Å². The van der Waals surface area contributed by atoms with Crippen molar-refractivity contribution in [3.05, 3.63) is 40.7 Å². The molecule has 0 heterocycles. The van der Waals surface area contributed by atoms with Crippen molar-refractivity contribution in [2.75, 3.05) is 19.7 Å². The third-order valence-electron chi connectivity index (χ3n) is 4.12. The lowest BCUT2D eigenvalue weighted by Gasteiger charge is -2.21. The minimum atomic E-state index is 0.0953. The average molecular weight is 378 g/mol. The van der Waals surface area contributed by atoms with Crippen LogP contribution in [-0.4, -0.2) is 35.6 Å². The summed E-state index contributed by atoms with van der Waals surface area (Å²) in [5, 5.41) is 9.33. The van der Waals surface area contributed by atoms with Crippen molar-refractivity contribution in [2.24, 2.45) is 0 Å². The molecule has 0 aliphatic carbocycles. The molecular weight excluding hydrogens is 338 g/mol. The van der Waals surface area contributed by atoms with Crippen LogP contribution in [0.4, 0.5) is 0 Å². The topological polar surface area (TPSA) is 49.8 Å². The Labute approximate surface area is 166 Å². The first-order valence-electron chi connectivity index (χ1n) is 10.1. The Morgan fingerprint density at radius 2 is 1.56 bits per heavy atom. The second kappa shape index (κ2) is 14.1. The van der Waals surface area contributed by atoms with Crippen LogP contribution in [0.1, 0.15) is 70.1 Å². The highest BCUT2D eigenvalue weighted by atomic mass is 16.5. The third kappa shape index (κ3) is 10.7. The van der Waals surface area contributed by atoms with Gasteiger partial charge in [0.1, 0.15) is 5.75 Å². The first-order chi connectivity index (χ1) is 12.8. The highest BCUT2D eigenvalue weighted by Crippen LogP contribution is 2.21. The number of aryl methyl sites for hydroxylation is 3. The van der Waals surface area contributed by atoms with E-state index in [0.717, 1.165) is 55.7 Å². The molecule has 0 aliphatic heterocycles. The van der Waals surface area contributed by atoms with Crippen LogP contribution in [0.2, 0.25) is 0 Å². The fourth-order valence-corrected chi connectivity index (χ4v) is 2.75. The summed E-state index contributed by atoms with van der Waals surface area (Å²) in [6, 6.07) is 3.95. The number of allylic oxidation sites excluding steroid dienone is 2. The van der Waals surface area contributed by atoms with Gasteiger partial charge in [-0.1, -0.05) is 44.9 Å². The first kappa shape index (κ1) is 25.0. The average Bonchev–Trinajstić information content (AvgIpc) is 2.62. The monoisotopic (exact) mass is 377 g/mol. The van der Waals surface area contributed by atoms with Gasteiger partial charge < -0.3 is 14.7 Å². The predicted molar refractivity (Wildman–Crippen MR) is 114 cm³/mol. The molecule has 1 aromatic rings. The van der Waals surface area contributed by atoms with E-state index in [2.05, 4.69) is 20.8 Å². The quantitative estimate of drug-likeness (QED) is 0.564. The Morgan fingerprint density at radius 3 is 2.00 bits per heavy atom. The molecule has 4 heteroatoms. The summed E-state index contributed by atoms with van der Waals surface area (Å²) in [6.07, 6.45) is 6.14. The van der Waals surface area contributed by atoms with Crippen LogP contribution in [0.25, 0.3) is 0 Å². The zero-order chi connectivity index (χ0) is 20.8. The molecule has 0 saturated carbocycles. The van der Waals surface area contributed by atoms with E-state index in [9.17, 15) is 9.90 Å². The van der Waals surface area contributed by atoms with Gasteiger partial charge in [0.2, 0.25) is 0 Å². The Kier molecular flexibility index (Phi) is 13.1. The van der Waals surface area contributed by atoms with Gasteiger partial charge in [-0.2, -0.15) is 0 Å². The third-order valence-corrected chi connectivity index (χ3v) is 4.12. The van der Waals surface area contributed by atoms with Crippen molar-refractivity contribution >= 4 is 5.91 Å². The molecule has 0 spiro atoms. The van der Waals surface area contributed by atoms with Crippen LogP contribution in [0.15, 0.2) is 24.0 Å². The van der Waals surface area contributed by atoms with Gasteiger partial charge in [-0.3, -0.25) is 4.79 Å². The Hall–Kier alpha value is -1.97. The summed E-state index contributed by atoms with van der Waals surface area (Å²) in [4.78, 5) is 13.8. The molecule has 1 rings (SSSR count). The van der Waals surface area contributed by atoms with Crippen molar-refractivity contribution in [2.45, 2.75) is 74.1 Å². The van der Waals surface area contributed by atoms with Crippen molar-refractivity contribution in [3.63, 3.8) is 0 Å². The van der Waals surface area contributed by atoms with E-state index in [1.54, 1.807) is 0 Å². The number of carbonyl (C=O) groups is 1. The van der Waals surface area contributed by atoms with Gasteiger partial charge in [-0.25, -0.2) is 0 Å². The molecule has 27 heavy (non-hydrogen) atoms. The Balaban J connectivity index is 0.000000569. The number of rotatable bonds is 9. The number of nitrogens with zero attached hydrogens (tertiary/aromatic N) is 1. The molecule has 0 fully saturated rings. The SMILES string of the molecule is CCCC=C(C)OCC(=O)N(CCC)CCC.Cc1cc(C)c(O)c(C)c1. The van der Waals surface area contributed by atoms with Gasteiger partial charge in [-0.15, -0.1) is 0 Å². The first-order valence-corrected chi connectivity index (χ1v) is 10.1. The minimum Gasteiger partial charge on any atom is -0.507 e. The standard InChI is InChI=1S/C14H27NO2.C9H12O/c1-5-8-9-13(4)17-12-14(16)15(10-6-2)11-7-3;1-6-4-7(2)9(10)8(3)5-6/h9H,5-8,10-12H2,1-4H3;4-5,10H,1-3H3. The summed E-state index contributed by atoms with van der Waals surface area (Å²) < 4.78 is 5.45. The fourth-order valence-electron chi connectivity index (χ4n) is 2.75. The number of phenols is 1. The predicted octanol–water partition coefficient (Wildman–Crippen LogP) is 5.67. The van der Waals surface area contributed by atoms with Crippen molar-refractivity contribution in [1.82, 2.24) is 4.90 Å². The van der Waals surface area contributed by atoms with Crippen molar-refractivity contribution in [1.29, 1.82) is 0 Å². The number of phenolic OH excluding ortho intramolecular Hbond substituents is 1. The maximum Gasteiger partial charge on any atom is 0.260 e. The van der Waals surface area contributed by atoms with Gasteiger partial charge in [0.15, 0.2) is 6.61 Å². The number of hydrogen-bond donors (Lipinski definition) is 1. The molecule has 1 amide bonds. The lowest BCUT2D eigenvalue weighted by atomic mass is 10.1. The second-order valence-corrected chi connectivity index (χ2v) is 7.02. The summed E-state index contributed by atoms with van der Waals surface area (Å²) in [5.74, 6) is 1.37. The second-order valence-electron chi connectivity index (χ2n) is 7.02. The highest BCUT2D eigenvalue weighted by molar-refractivity contribution is 5.77. The number of benzene rings is 1. The molecular formula is C23H39NO3. The molecule has 0 aromatic heterocycles. The molecule has 4 nitrogen and oxygen atoms in total. The van der Waals surface area contributed by atoms with E-state index in [0.29, 0.717) is 5.75 Å². The van der Waals surface area contributed by atoms with Gasteiger partial charge in [-0.05, 0) is 64.2 Å². The van der Waals surface area contributed by atoms with Gasteiger partial charge in [0.05, 0.1) is 5.76 Å². The number of ether oxygens (including phenoxy) is 1. The summed E-state index contributed by atoms with van der Waals surface area (Å²) in [5.41, 5.74) is 3.11. The van der Waals surface area contributed by atoms with E-state index in [1.807, 2.05) is 50.8 Å². The molecule has 0 radical (unpaired) electrons. The maximum absolute atomic E-state index is 11.9. The molecule has 1 N–H and O–H groups in total. The van der Waals surface area contributed by atoms with E-state index >= 15 is 0 Å². The number of aromatic hydroxyl groups is 1. The van der Waals surface area contributed by atoms with E-state index < -0.39 is 0 Å². The fraction of sp³-hybridized carbons (Fsp3) is 0.609. The number of carbonyl (C=O) groups excluding carboxylic acids is 1. The van der Waals surface area contributed by atoms with Crippen LogP contribution in [0.5, 0.6) is 5.75 Å². The lowest BCUT2D eigenvalue weighted by molar-refractivity contribution is -0.134. The van der Waals surface area contributed by atoms with E-state index in [1.165, 1.54) is 5.56 Å². The summed E-state index contributed by atoms with van der Waals surface area (Å²) in [6.45, 7) is 15.9. The van der Waals surface area contributed by atoms with Gasteiger partial charge in [0, 0.05) is 13.1 Å². The highest BCUT2D eigenvalue weighted by Gasteiger charge is 2.11. The smallest absolute Gasteiger partial charge is 0.260 e. The Bertz CT molecular complexity index is 564. The van der Waals surface area contributed by atoms with Crippen LogP contribution >= 0.6 is 0 Å². The van der Waals surface area contributed by atoms with Crippen LogP contribution in [-0.2, 0) is 9.53 Å². The minimum absolute atomic E-state index is 0.0953. The molecule has 0 unspecified atom stereocenters. The number of unbranched alkanes of at least 4 members (excludes halogenated alkanes) is 1. The van der Waals surface area contributed by atoms with Crippen LogP contribution in [0, 0.1) is 20.8 Å². The number of hydrogen-bond acceptors (Lipinski definition) is 3. The molecule has 154 valence electrons. The normalized spacial score (nSPS) is 10.9. The lowest BCUT2D eigenvalue weighted by Crippen LogP contribution is -2.35. The van der Waals surface area contributed by atoms with E-state index in [-0.39, 0.29) is 12.5 Å². The summed E-state index contributed by atoms with van der Waals surface area (Å²) in [7, 11) is 0. The Morgan fingerprint density at radius 1 is 1.04 bits per heavy atom. The van der Waals surface area contributed by atoms with Crippen molar-refractivity contribution in [3.8, 4) is 5.75 Å². The van der Waals surface area contributed by atoms with Gasteiger partial charge >= 0.3 is 0 Å². The number of amides is 1. The zero-order valence-electron chi connectivity index (χ0n) is 18.4. The van der Waals surface area contributed by atoms with Crippen LogP contribution < -0.4 is 0 Å². The summed E-state index contributed by atoms with van der Waals surface area (Å²) >= 11 is 0. The molecule has 0 atom stereocenters. The maximum atomic E-state index is 11.9. The van der Waals surface area contributed by atoms with Gasteiger partial charge in [0.25, 0.3) is 5.91 Å². The zero-order valence-corrected chi connectivity index (χ0v) is 18.4. The van der Waals surface area contributed by atoms with E-state index in [4.69, 9.17) is 4.74 Å². The largest absolute Gasteiger partial charge is 0.507 e. The molecule has 0 aliphatic rings. The molecule has 1 aromatic carbocycles. The van der Waals surface area contributed by atoms with Crippen LogP contribution in [0.3, 0.4) is 0 Å².